The number of hydrogen-bond acceptors (Lipinski definition) is 2. The molecule has 0 aromatic heterocycles. The molecule has 0 bridgehead atoms. The van der Waals surface area contributed by atoms with Crippen molar-refractivity contribution in [3.8, 4) is 0 Å². The van der Waals surface area contributed by atoms with Crippen molar-refractivity contribution in [1.82, 2.24) is 0 Å². The molecule has 1 aliphatic heterocycles. The first kappa shape index (κ1) is 8.56. The Kier molecular flexibility index (Phi) is 1.80. The number of hydrogen-bond donors (Lipinski definition) is 1. The fourth-order valence-electron chi connectivity index (χ4n) is 1.60. The van der Waals surface area contributed by atoms with E-state index in [-0.39, 0.29) is 5.91 Å². The lowest BCUT2D eigenvalue weighted by Crippen LogP contribution is -2.20. The number of carbonyl (C=O) groups excluding carboxylic acids is 1. The minimum absolute atomic E-state index is 0.112. The maximum atomic E-state index is 11.4. The molecule has 68 valence electrons. The van der Waals surface area contributed by atoms with Crippen molar-refractivity contribution in [2.75, 3.05) is 17.7 Å². The van der Waals surface area contributed by atoms with Crippen LogP contribution in [0.4, 0.5) is 11.4 Å². The van der Waals surface area contributed by atoms with Gasteiger partial charge in [0.05, 0.1) is 12.1 Å². The number of benzene rings is 1. The van der Waals surface area contributed by atoms with Crippen LogP contribution in [0.3, 0.4) is 0 Å². The molecule has 1 amide bonds. The summed E-state index contributed by atoms with van der Waals surface area (Å²) in [5.74, 6) is 0.112. The van der Waals surface area contributed by atoms with E-state index in [0.717, 1.165) is 15.7 Å². The van der Waals surface area contributed by atoms with Gasteiger partial charge in [-0.3, -0.25) is 4.79 Å². The van der Waals surface area contributed by atoms with Crippen LogP contribution in [0, 0.1) is 0 Å². The van der Waals surface area contributed by atoms with Crippen molar-refractivity contribution in [2.24, 2.45) is 0 Å². The van der Waals surface area contributed by atoms with Crippen molar-refractivity contribution >= 4 is 33.2 Å². The number of amides is 1. The lowest BCUT2D eigenvalue weighted by atomic mass is 10.1. The number of nitrogen functional groups attached to an aromatic ring is 1. The third-order valence-corrected chi connectivity index (χ3v) is 2.82. The van der Waals surface area contributed by atoms with Crippen molar-refractivity contribution in [3.63, 3.8) is 0 Å². The van der Waals surface area contributed by atoms with Gasteiger partial charge in [-0.1, -0.05) is 0 Å². The molecule has 1 aliphatic rings. The van der Waals surface area contributed by atoms with Gasteiger partial charge in [0.2, 0.25) is 5.91 Å². The summed E-state index contributed by atoms with van der Waals surface area (Å²) in [7, 11) is 1.77. The Morgan fingerprint density at radius 3 is 2.92 bits per heavy atom. The molecule has 0 fully saturated rings. The number of nitrogens with two attached hydrogens (primary N) is 1. The van der Waals surface area contributed by atoms with Crippen LogP contribution >= 0.6 is 15.9 Å². The fourth-order valence-corrected chi connectivity index (χ4v) is 2.38. The molecule has 0 aliphatic carbocycles. The van der Waals surface area contributed by atoms with Crippen molar-refractivity contribution in [1.29, 1.82) is 0 Å². The predicted octanol–water partition coefficient (Wildman–Crippen LogP) is 1.55. The lowest BCUT2D eigenvalue weighted by Gasteiger charge is -2.12. The van der Waals surface area contributed by atoms with E-state index in [1.54, 1.807) is 11.9 Å². The van der Waals surface area contributed by atoms with E-state index in [1.807, 2.05) is 12.1 Å². The highest BCUT2D eigenvalue weighted by Gasteiger charge is 2.26. The molecule has 1 aromatic rings. The zero-order valence-corrected chi connectivity index (χ0v) is 8.76. The molecule has 0 radical (unpaired) electrons. The molecule has 4 heteroatoms. The monoisotopic (exact) mass is 240 g/mol. The van der Waals surface area contributed by atoms with E-state index in [1.165, 1.54) is 0 Å². The highest BCUT2D eigenvalue weighted by atomic mass is 79.9. The second kappa shape index (κ2) is 2.73. The maximum absolute atomic E-state index is 11.4. The summed E-state index contributed by atoms with van der Waals surface area (Å²) in [6.07, 6.45) is 0.454. The third-order valence-electron chi connectivity index (χ3n) is 2.22. The van der Waals surface area contributed by atoms with Crippen LogP contribution in [0.15, 0.2) is 16.6 Å². The van der Waals surface area contributed by atoms with Crippen LogP contribution in [0.2, 0.25) is 0 Å². The quantitative estimate of drug-likeness (QED) is 0.700. The first-order valence-electron chi connectivity index (χ1n) is 3.94. The predicted molar refractivity (Wildman–Crippen MR) is 55.7 cm³/mol. The first-order valence-corrected chi connectivity index (χ1v) is 4.73. The van der Waals surface area contributed by atoms with Gasteiger partial charge in [0.25, 0.3) is 0 Å². The molecule has 0 saturated heterocycles. The van der Waals surface area contributed by atoms with E-state index in [4.69, 9.17) is 5.73 Å². The largest absolute Gasteiger partial charge is 0.399 e. The van der Waals surface area contributed by atoms with E-state index < -0.39 is 0 Å². The second-order valence-corrected chi connectivity index (χ2v) is 3.99. The Bertz CT molecular complexity index is 389. The topological polar surface area (TPSA) is 46.3 Å². The van der Waals surface area contributed by atoms with Crippen LogP contribution in [-0.2, 0) is 11.2 Å². The molecule has 1 heterocycles. The van der Waals surface area contributed by atoms with E-state index >= 15 is 0 Å². The molecule has 1 aromatic carbocycles. The molecule has 0 unspecified atom stereocenters. The highest BCUT2D eigenvalue weighted by molar-refractivity contribution is 9.10. The van der Waals surface area contributed by atoms with Crippen LogP contribution in [0.25, 0.3) is 0 Å². The average molecular weight is 241 g/mol. The maximum Gasteiger partial charge on any atom is 0.231 e. The third kappa shape index (κ3) is 1.21. The van der Waals surface area contributed by atoms with Gasteiger partial charge in [-0.05, 0) is 33.6 Å². The summed E-state index contributed by atoms with van der Waals surface area (Å²) >= 11 is 3.39. The molecular formula is C9H9BrN2O. The summed E-state index contributed by atoms with van der Waals surface area (Å²) in [5, 5.41) is 0. The number of nitrogens with zero attached hydrogens (tertiary/aromatic N) is 1. The van der Waals surface area contributed by atoms with Gasteiger partial charge in [0, 0.05) is 17.2 Å². The summed E-state index contributed by atoms with van der Waals surface area (Å²) in [4.78, 5) is 13.0. The Balaban J connectivity index is 2.64. The number of fused-ring (bicyclic) bond motifs is 1. The molecule has 13 heavy (non-hydrogen) atoms. The number of likely N-dealkylation sites (N-methyl/N-ethyl adjacent to an activating group) is 1. The van der Waals surface area contributed by atoms with E-state index in [9.17, 15) is 4.79 Å². The highest BCUT2D eigenvalue weighted by Crippen LogP contribution is 2.36. The normalized spacial score (nSPS) is 14.9. The van der Waals surface area contributed by atoms with Crippen LogP contribution in [0.1, 0.15) is 5.56 Å². The van der Waals surface area contributed by atoms with E-state index in [0.29, 0.717) is 12.1 Å². The second-order valence-electron chi connectivity index (χ2n) is 3.14. The average Bonchev–Trinajstić information content (AvgIpc) is 2.27. The molecule has 0 atom stereocenters. The number of halogens is 1. The standard InChI is InChI=1S/C9H9BrN2O/c1-12-8(13)3-5-2-6(11)4-7(10)9(5)12/h2,4H,3,11H2,1H3. The Morgan fingerprint density at radius 1 is 1.54 bits per heavy atom. The smallest absolute Gasteiger partial charge is 0.231 e. The van der Waals surface area contributed by atoms with Crippen molar-refractivity contribution in [2.45, 2.75) is 6.42 Å². The van der Waals surface area contributed by atoms with Gasteiger partial charge in [-0.2, -0.15) is 0 Å². The molecule has 2 N–H and O–H groups in total. The number of rotatable bonds is 0. The van der Waals surface area contributed by atoms with Gasteiger partial charge in [0.15, 0.2) is 0 Å². The molecular weight excluding hydrogens is 232 g/mol. The van der Waals surface area contributed by atoms with Crippen LogP contribution < -0.4 is 10.6 Å². The molecule has 0 saturated carbocycles. The molecule has 2 rings (SSSR count). The van der Waals surface area contributed by atoms with Gasteiger partial charge in [-0.15, -0.1) is 0 Å². The lowest BCUT2D eigenvalue weighted by molar-refractivity contribution is -0.117. The van der Waals surface area contributed by atoms with E-state index in [2.05, 4.69) is 15.9 Å². The molecule has 3 nitrogen and oxygen atoms in total. The van der Waals surface area contributed by atoms with Crippen LogP contribution in [-0.4, -0.2) is 13.0 Å². The SMILES string of the molecule is CN1C(=O)Cc2cc(N)cc(Br)c21. The first-order chi connectivity index (χ1) is 6.09. The van der Waals surface area contributed by atoms with Crippen molar-refractivity contribution in [3.05, 3.63) is 22.2 Å². The fraction of sp³-hybridized carbons (Fsp3) is 0.222. The van der Waals surface area contributed by atoms with Gasteiger partial charge < -0.3 is 10.6 Å². The summed E-state index contributed by atoms with van der Waals surface area (Å²) in [6, 6.07) is 3.66. The minimum Gasteiger partial charge on any atom is -0.399 e. The van der Waals surface area contributed by atoms with Gasteiger partial charge in [0.1, 0.15) is 0 Å². The molecule has 0 spiro atoms. The Hall–Kier alpha value is -1.03. The summed E-state index contributed by atoms with van der Waals surface area (Å²) in [6.45, 7) is 0. The number of anilines is 2. The zero-order valence-electron chi connectivity index (χ0n) is 7.17. The minimum atomic E-state index is 0.112. The Labute approximate surface area is 84.6 Å². The van der Waals surface area contributed by atoms with Crippen LogP contribution in [0.5, 0.6) is 0 Å². The summed E-state index contributed by atoms with van der Waals surface area (Å²) < 4.78 is 0.885. The van der Waals surface area contributed by atoms with Gasteiger partial charge in [-0.25, -0.2) is 0 Å². The van der Waals surface area contributed by atoms with Crippen molar-refractivity contribution < 1.29 is 4.79 Å². The zero-order chi connectivity index (χ0) is 9.59. The summed E-state index contributed by atoms with van der Waals surface area (Å²) in [5.41, 5.74) is 8.29. The Morgan fingerprint density at radius 2 is 2.23 bits per heavy atom. The number of carbonyl (C=O) groups is 1. The van der Waals surface area contributed by atoms with Gasteiger partial charge >= 0.3 is 0 Å².